The molecule has 0 aliphatic heterocycles. The number of hydrogen-bond acceptors (Lipinski definition) is 4. The van der Waals surface area contributed by atoms with Crippen LogP contribution in [0.25, 0.3) is 10.8 Å². The van der Waals surface area contributed by atoms with E-state index >= 15 is 0 Å². The van der Waals surface area contributed by atoms with Gasteiger partial charge in [0.2, 0.25) is 0 Å². The van der Waals surface area contributed by atoms with E-state index in [1.165, 1.54) is 0 Å². The minimum absolute atomic E-state index is 0.102. The molecule has 0 aliphatic carbocycles. The number of carbonyl (C=O) groups is 1. The van der Waals surface area contributed by atoms with Gasteiger partial charge in [-0.3, -0.25) is 9.59 Å². The van der Waals surface area contributed by atoms with E-state index < -0.39 is 0 Å². The molecule has 1 heterocycles. The quantitative estimate of drug-likeness (QED) is 0.932. The van der Waals surface area contributed by atoms with Crippen LogP contribution in [0.1, 0.15) is 17.4 Å². The molecule has 0 radical (unpaired) electrons. The highest BCUT2D eigenvalue weighted by atomic mass is 32.2. The van der Waals surface area contributed by atoms with E-state index in [0.29, 0.717) is 10.8 Å². The number of thioether (sulfide) groups is 1. The smallest absolute Gasteiger partial charge is 0.274 e. The van der Waals surface area contributed by atoms with Crippen molar-refractivity contribution in [3.63, 3.8) is 0 Å². The summed E-state index contributed by atoms with van der Waals surface area (Å²) in [6.07, 6.45) is 2.00. The van der Waals surface area contributed by atoms with Gasteiger partial charge in [0.25, 0.3) is 11.5 Å². The molecule has 1 unspecified atom stereocenters. The Hall–Kier alpha value is -1.82. The zero-order chi connectivity index (χ0) is 14.7. The Balaban J connectivity index is 2.45. The molecule has 1 aromatic heterocycles. The zero-order valence-electron chi connectivity index (χ0n) is 11.7. The van der Waals surface area contributed by atoms with E-state index in [1.807, 2.05) is 13.2 Å². The number of amides is 1. The summed E-state index contributed by atoms with van der Waals surface area (Å²) in [4.78, 5) is 25.9. The first-order chi connectivity index (χ1) is 9.56. The maximum Gasteiger partial charge on any atom is 0.274 e. The van der Waals surface area contributed by atoms with Gasteiger partial charge in [0.05, 0.1) is 5.39 Å². The number of H-pyrrole nitrogens is 1. The van der Waals surface area contributed by atoms with Gasteiger partial charge in [-0.2, -0.15) is 16.9 Å². The molecule has 2 rings (SSSR count). The van der Waals surface area contributed by atoms with Crippen LogP contribution in [-0.2, 0) is 0 Å². The Morgan fingerprint density at radius 2 is 2.05 bits per heavy atom. The minimum Gasteiger partial charge on any atom is -0.337 e. The first-order valence-electron chi connectivity index (χ1n) is 6.29. The van der Waals surface area contributed by atoms with Crippen molar-refractivity contribution in [1.29, 1.82) is 0 Å². The van der Waals surface area contributed by atoms with Gasteiger partial charge >= 0.3 is 0 Å². The van der Waals surface area contributed by atoms with E-state index in [0.717, 1.165) is 5.75 Å². The summed E-state index contributed by atoms with van der Waals surface area (Å²) in [5, 5.41) is 7.40. The van der Waals surface area contributed by atoms with Gasteiger partial charge in [-0.05, 0) is 19.2 Å². The summed E-state index contributed by atoms with van der Waals surface area (Å²) in [6, 6.07) is 7.11. The highest BCUT2D eigenvalue weighted by molar-refractivity contribution is 7.98. The van der Waals surface area contributed by atoms with Gasteiger partial charge in [0.1, 0.15) is 0 Å². The zero-order valence-corrected chi connectivity index (χ0v) is 12.5. The van der Waals surface area contributed by atoms with Gasteiger partial charge < -0.3 is 4.90 Å². The van der Waals surface area contributed by atoms with E-state index in [4.69, 9.17) is 0 Å². The number of nitrogens with one attached hydrogen (secondary N) is 1. The number of hydrogen-bond donors (Lipinski definition) is 1. The van der Waals surface area contributed by atoms with Crippen molar-refractivity contribution in [2.24, 2.45) is 0 Å². The van der Waals surface area contributed by atoms with Crippen LogP contribution in [0, 0.1) is 0 Å². The van der Waals surface area contributed by atoms with Crippen molar-refractivity contribution in [2.75, 3.05) is 19.1 Å². The lowest BCUT2D eigenvalue weighted by atomic mass is 10.1. The second-order valence-electron chi connectivity index (χ2n) is 4.67. The average molecular weight is 291 g/mol. The maximum absolute atomic E-state index is 12.5. The molecule has 0 saturated heterocycles. The van der Waals surface area contributed by atoms with Crippen molar-refractivity contribution in [1.82, 2.24) is 15.1 Å². The average Bonchev–Trinajstić information content (AvgIpc) is 2.47. The molecule has 0 spiro atoms. The molecule has 5 nitrogen and oxygen atoms in total. The standard InChI is InChI=1S/C14H17N3O2S/c1-9(8-20-3)17(2)14(19)12-10-6-4-5-7-11(10)13(18)16-15-12/h4-7,9H,8H2,1-3H3,(H,16,18). The molecule has 1 N–H and O–H groups in total. The monoisotopic (exact) mass is 291 g/mol. The third kappa shape index (κ3) is 2.70. The summed E-state index contributed by atoms with van der Waals surface area (Å²) in [5.41, 5.74) is 0.00705. The van der Waals surface area contributed by atoms with E-state index in [-0.39, 0.29) is 23.2 Å². The van der Waals surface area contributed by atoms with Crippen LogP contribution in [0.2, 0.25) is 0 Å². The van der Waals surface area contributed by atoms with E-state index in [9.17, 15) is 9.59 Å². The van der Waals surface area contributed by atoms with E-state index in [2.05, 4.69) is 10.2 Å². The van der Waals surface area contributed by atoms with Gasteiger partial charge in [-0.15, -0.1) is 0 Å². The number of benzene rings is 1. The lowest BCUT2D eigenvalue weighted by Gasteiger charge is -2.24. The predicted octanol–water partition coefficient (Wildman–Crippen LogP) is 1.75. The summed E-state index contributed by atoms with van der Waals surface area (Å²) in [6.45, 7) is 1.99. The fraction of sp³-hybridized carbons (Fsp3) is 0.357. The SMILES string of the molecule is CSCC(C)N(C)C(=O)c1n[nH]c(=O)c2ccccc12. The highest BCUT2D eigenvalue weighted by Gasteiger charge is 2.21. The second-order valence-corrected chi connectivity index (χ2v) is 5.58. The van der Waals surface area contributed by atoms with Crippen LogP contribution < -0.4 is 5.56 Å². The van der Waals surface area contributed by atoms with Crippen LogP contribution >= 0.6 is 11.8 Å². The highest BCUT2D eigenvalue weighted by Crippen LogP contribution is 2.15. The molecule has 6 heteroatoms. The molecule has 2 aromatic rings. The number of nitrogens with zero attached hydrogens (tertiary/aromatic N) is 2. The molecule has 0 fully saturated rings. The first kappa shape index (κ1) is 14.6. The minimum atomic E-state index is -0.281. The van der Waals surface area contributed by atoms with Crippen molar-refractivity contribution in [3.8, 4) is 0 Å². The molecule has 0 saturated carbocycles. The van der Waals surface area contributed by atoms with Crippen LogP contribution in [0.15, 0.2) is 29.1 Å². The maximum atomic E-state index is 12.5. The predicted molar refractivity (Wildman–Crippen MR) is 82.3 cm³/mol. The second kappa shape index (κ2) is 6.09. The van der Waals surface area contributed by atoms with Crippen molar-refractivity contribution < 1.29 is 4.79 Å². The van der Waals surface area contributed by atoms with Gasteiger partial charge in [0.15, 0.2) is 5.69 Å². The lowest BCUT2D eigenvalue weighted by Crippen LogP contribution is -2.37. The van der Waals surface area contributed by atoms with Crippen molar-refractivity contribution >= 4 is 28.4 Å². The molecule has 106 valence electrons. The molecule has 0 bridgehead atoms. The van der Waals surface area contributed by atoms with Gasteiger partial charge in [0, 0.05) is 24.2 Å². The normalized spacial score (nSPS) is 12.3. The number of carbonyl (C=O) groups excluding carboxylic acids is 1. The molecule has 1 amide bonds. The summed E-state index contributed by atoms with van der Waals surface area (Å²) in [5.74, 6) is 0.669. The van der Waals surface area contributed by atoms with Crippen molar-refractivity contribution in [3.05, 3.63) is 40.3 Å². The van der Waals surface area contributed by atoms with Crippen LogP contribution in [0.4, 0.5) is 0 Å². The topological polar surface area (TPSA) is 66.1 Å². The molecular weight excluding hydrogens is 274 g/mol. The molecular formula is C14H17N3O2S. The first-order valence-corrected chi connectivity index (χ1v) is 7.69. The molecule has 20 heavy (non-hydrogen) atoms. The van der Waals surface area contributed by atoms with Gasteiger partial charge in [-0.1, -0.05) is 18.2 Å². The fourth-order valence-corrected chi connectivity index (χ4v) is 2.70. The third-order valence-electron chi connectivity index (χ3n) is 3.29. The van der Waals surface area contributed by atoms with Crippen molar-refractivity contribution in [2.45, 2.75) is 13.0 Å². The lowest BCUT2D eigenvalue weighted by molar-refractivity contribution is 0.0752. The summed E-state index contributed by atoms with van der Waals surface area (Å²) >= 11 is 1.68. The molecule has 1 atom stereocenters. The Kier molecular flexibility index (Phi) is 4.44. The Labute approximate surface area is 121 Å². The fourth-order valence-electron chi connectivity index (χ4n) is 2.00. The number of fused-ring (bicyclic) bond motifs is 1. The molecule has 0 aliphatic rings. The van der Waals surface area contributed by atoms with Gasteiger partial charge in [-0.25, -0.2) is 5.10 Å². The van der Waals surface area contributed by atoms with Crippen LogP contribution in [0.5, 0.6) is 0 Å². The summed E-state index contributed by atoms with van der Waals surface area (Å²) < 4.78 is 0. The third-order valence-corrected chi connectivity index (χ3v) is 4.10. The Morgan fingerprint density at radius 1 is 1.40 bits per heavy atom. The number of aromatic amines is 1. The Morgan fingerprint density at radius 3 is 2.70 bits per heavy atom. The van der Waals surface area contributed by atoms with Crippen LogP contribution in [-0.4, -0.2) is 46.1 Å². The number of aromatic nitrogens is 2. The number of rotatable bonds is 4. The van der Waals surface area contributed by atoms with E-state index in [1.54, 1.807) is 48.0 Å². The van der Waals surface area contributed by atoms with Crippen LogP contribution in [0.3, 0.4) is 0 Å². The Bertz CT molecular complexity index is 683. The molecule has 1 aromatic carbocycles. The largest absolute Gasteiger partial charge is 0.337 e. The summed E-state index contributed by atoms with van der Waals surface area (Å²) in [7, 11) is 1.75.